The summed E-state index contributed by atoms with van der Waals surface area (Å²) in [5.41, 5.74) is 3.48. The molecule has 0 saturated carbocycles. The van der Waals surface area contributed by atoms with Crippen LogP contribution in [0.1, 0.15) is 29.7 Å². The van der Waals surface area contributed by atoms with Gasteiger partial charge in [-0.25, -0.2) is 0 Å². The summed E-state index contributed by atoms with van der Waals surface area (Å²) in [5, 5.41) is 5.05. The molecule has 100 valence electrons. The van der Waals surface area contributed by atoms with Crippen LogP contribution in [0.25, 0.3) is 0 Å². The fraction of sp³-hybridized carbons (Fsp3) is 0.250. The summed E-state index contributed by atoms with van der Waals surface area (Å²) in [7, 11) is 0. The van der Waals surface area contributed by atoms with Crippen LogP contribution in [0.5, 0.6) is 0 Å². The maximum Gasteiger partial charge on any atom is 0.0438 e. The van der Waals surface area contributed by atoms with E-state index in [9.17, 15) is 0 Å². The number of rotatable bonds is 4. The lowest BCUT2D eigenvalue weighted by atomic mass is 10.1. The van der Waals surface area contributed by atoms with E-state index in [-0.39, 0.29) is 6.04 Å². The zero-order valence-electron chi connectivity index (χ0n) is 11.1. The quantitative estimate of drug-likeness (QED) is 0.822. The molecular weight excluding hydrogens is 277 g/mol. The molecule has 2 aromatic carbocycles. The normalized spacial score (nSPS) is 12.4. The first kappa shape index (κ1) is 14.4. The SMILES string of the molecule is Cc1ccc(CNC(C)c2cccc(Cl)c2)cc1Cl. The maximum absolute atomic E-state index is 6.12. The van der Waals surface area contributed by atoms with Crippen LogP contribution in [0.15, 0.2) is 42.5 Å². The highest BCUT2D eigenvalue weighted by Crippen LogP contribution is 2.19. The zero-order chi connectivity index (χ0) is 13.8. The van der Waals surface area contributed by atoms with Crippen LogP contribution in [0.2, 0.25) is 10.0 Å². The van der Waals surface area contributed by atoms with Gasteiger partial charge in [-0.05, 0) is 48.7 Å². The highest BCUT2D eigenvalue weighted by atomic mass is 35.5. The lowest BCUT2D eigenvalue weighted by molar-refractivity contribution is 0.575. The molecule has 2 rings (SSSR count). The number of aryl methyl sites for hydroxylation is 1. The summed E-state index contributed by atoms with van der Waals surface area (Å²) >= 11 is 12.1. The predicted octanol–water partition coefficient (Wildman–Crippen LogP) is 5.15. The molecule has 0 aliphatic heterocycles. The molecule has 0 aliphatic rings. The van der Waals surface area contributed by atoms with Gasteiger partial charge in [-0.2, -0.15) is 0 Å². The minimum absolute atomic E-state index is 0.249. The van der Waals surface area contributed by atoms with Gasteiger partial charge < -0.3 is 5.32 Å². The van der Waals surface area contributed by atoms with Crippen molar-refractivity contribution in [2.45, 2.75) is 26.4 Å². The molecule has 0 amide bonds. The first-order valence-electron chi connectivity index (χ1n) is 6.30. The van der Waals surface area contributed by atoms with Crippen molar-refractivity contribution in [3.63, 3.8) is 0 Å². The van der Waals surface area contributed by atoms with Gasteiger partial charge in [0.1, 0.15) is 0 Å². The first-order chi connectivity index (χ1) is 9.06. The Morgan fingerprint density at radius 1 is 1.11 bits per heavy atom. The van der Waals surface area contributed by atoms with E-state index in [0.717, 1.165) is 22.2 Å². The van der Waals surface area contributed by atoms with Crippen molar-refractivity contribution in [2.24, 2.45) is 0 Å². The predicted molar refractivity (Wildman–Crippen MR) is 82.9 cm³/mol. The minimum atomic E-state index is 0.249. The van der Waals surface area contributed by atoms with E-state index in [0.29, 0.717) is 0 Å². The second-order valence-corrected chi connectivity index (χ2v) is 5.58. The summed E-state index contributed by atoms with van der Waals surface area (Å²) in [6.45, 7) is 4.92. The molecule has 0 aromatic heterocycles. The Hall–Kier alpha value is -1.02. The van der Waals surface area contributed by atoms with Crippen LogP contribution in [0.4, 0.5) is 0 Å². The fourth-order valence-corrected chi connectivity index (χ4v) is 2.31. The van der Waals surface area contributed by atoms with E-state index < -0.39 is 0 Å². The minimum Gasteiger partial charge on any atom is -0.306 e. The van der Waals surface area contributed by atoms with Crippen LogP contribution in [-0.2, 0) is 6.54 Å². The third-order valence-corrected chi connectivity index (χ3v) is 3.84. The van der Waals surface area contributed by atoms with Gasteiger partial charge in [-0.1, -0.05) is 47.5 Å². The van der Waals surface area contributed by atoms with Gasteiger partial charge in [0, 0.05) is 22.6 Å². The summed E-state index contributed by atoms with van der Waals surface area (Å²) < 4.78 is 0. The number of nitrogens with one attached hydrogen (secondary N) is 1. The monoisotopic (exact) mass is 293 g/mol. The van der Waals surface area contributed by atoms with Crippen molar-refractivity contribution in [1.82, 2.24) is 5.32 Å². The molecule has 0 saturated heterocycles. The molecule has 1 atom stereocenters. The van der Waals surface area contributed by atoms with Gasteiger partial charge in [0.15, 0.2) is 0 Å². The maximum atomic E-state index is 6.12. The number of benzene rings is 2. The Kier molecular flexibility index (Phi) is 4.87. The largest absolute Gasteiger partial charge is 0.306 e. The van der Waals surface area contributed by atoms with E-state index in [2.05, 4.69) is 24.4 Å². The number of halogens is 2. The van der Waals surface area contributed by atoms with Crippen molar-refractivity contribution in [3.05, 3.63) is 69.2 Å². The Morgan fingerprint density at radius 2 is 1.89 bits per heavy atom. The van der Waals surface area contributed by atoms with Crippen LogP contribution < -0.4 is 5.32 Å². The van der Waals surface area contributed by atoms with Gasteiger partial charge in [0.05, 0.1) is 0 Å². The second kappa shape index (κ2) is 6.42. The Balaban J connectivity index is 2.00. The van der Waals surface area contributed by atoms with E-state index in [1.54, 1.807) is 0 Å². The van der Waals surface area contributed by atoms with Gasteiger partial charge in [-0.15, -0.1) is 0 Å². The van der Waals surface area contributed by atoms with Gasteiger partial charge in [0.25, 0.3) is 0 Å². The molecule has 3 heteroatoms. The van der Waals surface area contributed by atoms with Crippen molar-refractivity contribution in [2.75, 3.05) is 0 Å². The van der Waals surface area contributed by atoms with Gasteiger partial charge in [-0.3, -0.25) is 0 Å². The molecule has 1 nitrogen and oxygen atoms in total. The number of hydrogen-bond donors (Lipinski definition) is 1. The molecule has 0 bridgehead atoms. The van der Waals surface area contributed by atoms with Crippen molar-refractivity contribution in [1.29, 1.82) is 0 Å². The Labute approximate surface area is 124 Å². The standard InChI is InChI=1S/C16H17Cl2N/c1-11-6-7-13(8-16(11)18)10-19-12(2)14-4-3-5-15(17)9-14/h3-9,12,19H,10H2,1-2H3. The lowest BCUT2D eigenvalue weighted by Crippen LogP contribution is -2.18. The molecule has 1 N–H and O–H groups in total. The summed E-state index contributed by atoms with van der Waals surface area (Å²) in [4.78, 5) is 0. The molecule has 0 radical (unpaired) electrons. The van der Waals surface area contributed by atoms with Crippen molar-refractivity contribution in [3.8, 4) is 0 Å². The molecule has 0 spiro atoms. The van der Waals surface area contributed by atoms with Crippen LogP contribution in [-0.4, -0.2) is 0 Å². The molecule has 0 fully saturated rings. The fourth-order valence-electron chi connectivity index (χ4n) is 1.91. The summed E-state index contributed by atoms with van der Waals surface area (Å²) in [6, 6.07) is 14.3. The average molecular weight is 294 g/mol. The first-order valence-corrected chi connectivity index (χ1v) is 7.06. The number of hydrogen-bond acceptors (Lipinski definition) is 1. The summed E-state index contributed by atoms with van der Waals surface area (Å²) in [5.74, 6) is 0. The van der Waals surface area contributed by atoms with E-state index in [1.165, 1.54) is 11.1 Å². The average Bonchev–Trinajstić information content (AvgIpc) is 2.40. The topological polar surface area (TPSA) is 12.0 Å². The van der Waals surface area contributed by atoms with Crippen LogP contribution in [0, 0.1) is 6.92 Å². The molecule has 1 unspecified atom stereocenters. The molecule has 0 aliphatic carbocycles. The van der Waals surface area contributed by atoms with Crippen LogP contribution >= 0.6 is 23.2 Å². The zero-order valence-corrected chi connectivity index (χ0v) is 12.6. The Morgan fingerprint density at radius 3 is 2.58 bits per heavy atom. The Bertz CT molecular complexity index is 566. The van der Waals surface area contributed by atoms with Crippen molar-refractivity contribution >= 4 is 23.2 Å². The second-order valence-electron chi connectivity index (χ2n) is 4.74. The third kappa shape index (κ3) is 3.97. The van der Waals surface area contributed by atoms with Gasteiger partial charge in [0.2, 0.25) is 0 Å². The molecule has 0 heterocycles. The van der Waals surface area contributed by atoms with Crippen LogP contribution in [0.3, 0.4) is 0 Å². The van der Waals surface area contributed by atoms with E-state index in [1.807, 2.05) is 37.3 Å². The molecule has 19 heavy (non-hydrogen) atoms. The molecular formula is C16H17Cl2N. The third-order valence-electron chi connectivity index (χ3n) is 3.20. The van der Waals surface area contributed by atoms with Crippen molar-refractivity contribution < 1.29 is 0 Å². The lowest BCUT2D eigenvalue weighted by Gasteiger charge is -2.15. The highest BCUT2D eigenvalue weighted by Gasteiger charge is 2.05. The smallest absolute Gasteiger partial charge is 0.0438 e. The highest BCUT2D eigenvalue weighted by molar-refractivity contribution is 6.31. The molecule has 2 aromatic rings. The van der Waals surface area contributed by atoms with Gasteiger partial charge >= 0.3 is 0 Å². The summed E-state index contributed by atoms with van der Waals surface area (Å²) in [6.07, 6.45) is 0. The van der Waals surface area contributed by atoms with E-state index >= 15 is 0 Å². The van der Waals surface area contributed by atoms with E-state index in [4.69, 9.17) is 23.2 Å².